The number of hydrogen-bond acceptors (Lipinski definition) is 5. The summed E-state index contributed by atoms with van der Waals surface area (Å²) >= 11 is 1.68. The summed E-state index contributed by atoms with van der Waals surface area (Å²) in [4.78, 5) is 4.16. The van der Waals surface area contributed by atoms with E-state index in [0.717, 1.165) is 34.6 Å². The summed E-state index contributed by atoms with van der Waals surface area (Å²) in [6, 6.07) is 12.0. The number of hydrogen-bond donors (Lipinski definition) is 0. The third-order valence-corrected chi connectivity index (χ3v) is 4.52. The maximum Gasteiger partial charge on any atom is 0.191 e. The highest BCUT2D eigenvalue weighted by molar-refractivity contribution is 7.98. The van der Waals surface area contributed by atoms with Gasteiger partial charge >= 0.3 is 0 Å². The van der Waals surface area contributed by atoms with Crippen LogP contribution in [0.15, 0.2) is 53.9 Å². The van der Waals surface area contributed by atoms with E-state index in [9.17, 15) is 0 Å². The van der Waals surface area contributed by atoms with E-state index in [1.165, 1.54) is 5.56 Å². The maximum absolute atomic E-state index is 5.18. The highest BCUT2D eigenvalue weighted by Crippen LogP contribution is 2.26. The summed E-state index contributed by atoms with van der Waals surface area (Å²) in [6.45, 7) is 2.92. The lowest BCUT2D eigenvalue weighted by atomic mass is 10.2. The average Bonchev–Trinajstić information content (AvgIpc) is 3.04. The van der Waals surface area contributed by atoms with Crippen molar-refractivity contribution in [3.05, 3.63) is 54.4 Å². The standard InChI is InChI=1S/C17H18N4OS/c1-3-21-16(14-5-4-10-18-11-14)19-20-17(21)23-12-13-6-8-15(22-2)9-7-13/h4-11H,3,12H2,1-2H3. The molecule has 0 unspecified atom stereocenters. The first-order chi connectivity index (χ1) is 11.3. The molecule has 0 radical (unpaired) electrons. The molecular formula is C17H18N4OS. The average molecular weight is 326 g/mol. The molecule has 0 saturated carbocycles. The van der Waals surface area contributed by atoms with Crippen molar-refractivity contribution in [3.8, 4) is 17.1 Å². The Labute approximate surface area is 139 Å². The van der Waals surface area contributed by atoms with Gasteiger partial charge in [-0.15, -0.1) is 10.2 Å². The largest absolute Gasteiger partial charge is 0.497 e. The van der Waals surface area contributed by atoms with Crippen LogP contribution >= 0.6 is 11.8 Å². The first-order valence-electron chi connectivity index (χ1n) is 7.41. The fourth-order valence-corrected chi connectivity index (χ4v) is 3.22. The molecule has 2 aromatic heterocycles. The molecule has 0 bridgehead atoms. The van der Waals surface area contributed by atoms with E-state index < -0.39 is 0 Å². The van der Waals surface area contributed by atoms with Crippen molar-refractivity contribution >= 4 is 11.8 Å². The molecule has 3 rings (SSSR count). The van der Waals surface area contributed by atoms with Gasteiger partial charge < -0.3 is 9.30 Å². The van der Waals surface area contributed by atoms with Crippen LogP contribution in [-0.2, 0) is 12.3 Å². The van der Waals surface area contributed by atoms with Crippen LogP contribution in [0.3, 0.4) is 0 Å². The van der Waals surface area contributed by atoms with E-state index in [0.29, 0.717) is 0 Å². The van der Waals surface area contributed by atoms with Gasteiger partial charge in [0.15, 0.2) is 11.0 Å². The Morgan fingerprint density at radius 3 is 2.61 bits per heavy atom. The third-order valence-electron chi connectivity index (χ3n) is 3.48. The molecular weight excluding hydrogens is 308 g/mol. The Hall–Kier alpha value is -2.34. The monoisotopic (exact) mass is 326 g/mol. The van der Waals surface area contributed by atoms with Gasteiger partial charge in [0.25, 0.3) is 0 Å². The number of nitrogens with zero attached hydrogens (tertiary/aromatic N) is 4. The number of thioether (sulfide) groups is 1. The predicted octanol–water partition coefficient (Wildman–Crippen LogP) is 3.66. The van der Waals surface area contributed by atoms with Crippen LogP contribution in [0, 0.1) is 0 Å². The number of rotatable bonds is 6. The van der Waals surface area contributed by atoms with E-state index in [-0.39, 0.29) is 0 Å². The predicted molar refractivity (Wildman–Crippen MR) is 91.5 cm³/mol. The van der Waals surface area contributed by atoms with Crippen LogP contribution < -0.4 is 4.74 Å². The lowest BCUT2D eigenvalue weighted by molar-refractivity contribution is 0.414. The number of pyridine rings is 1. The summed E-state index contributed by atoms with van der Waals surface area (Å²) in [5, 5.41) is 9.58. The Kier molecular flexibility index (Phi) is 4.92. The van der Waals surface area contributed by atoms with Crippen molar-refractivity contribution in [2.45, 2.75) is 24.4 Å². The molecule has 0 saturated heterocycles. The summed E-state index contributed by atoms with van der Waals surface area (Å²) < 4.78 is 7.30. The first kappa shape index (κ1) is 15.6. The number of methoxy groups -OCH3 is 1. The summed E-state index contributed by atoms with van der Waals surface area (Å²) in [5.41, 5.74) is 2.21. The second-order valence-corrected chi connectivity index (χ2v) is 5.87. The van der Waals surface area contributed by atoms with Crippen molar-refractivity contribution in [1.82, 2.24) is 19.7 Å². The zero-order valence-corrected chi connectivity index (χ0v) is 14.0. The molecule has 0 atom stereocenters. The Bertz CT molecular complexity index is 756. The van der Waals surface area contributed by atoms with Crippen LogP contribution in [0.1, 0.15) is 12.5 Å². The Morgan fingerprint density at radius 2 is 1.96 bits per heavy atom. The van der Waals surface area contributed by atoms with Gasteiger partial charge in [-0.3, -0.25) is 4.98 Å². The highest BCUT2D eigenvalue weighted by atomic mass is 32.2. The molecule has 1 aromatic carbocycles. The fourth-order valence-electron chi connectivity index (χ4n) is 2.26. The molecule has 0 N–H and O–H groups in total. The van der Waals surface area contributed by atoms with E-state index in [1.54, 1.807) is 25.1 Å². The van der Waals surface area contributed by atoms with Gasteiger partial charge in [0.05, 0.1) is 7.11 Å². The Balaban J connectivity index is 1.76. The third kappa shape index (κ3) is 3.53. The van der Waals surface area contributed by atoms with Crippen LogP contribution in [0.5, 0.6) is 5.75 Å². The molecule has 0 aliphatic carbocycles. The molecule has 2 heterocycles. The lowest BCUT2D eigenvalue weighted by Crippen LogP contribution is -2.00. The summed E-state index contributed by atoms with van der Waals surface area (Å²) in [6.07, 6.45) is 3.57. The van der Waals surface area contributed by atoms with Gasteiger partial charge in [-0.25, -0.2) is 0 Å². The molecule has 23 heavy (non-hydrogen) atoms. The van der Waals surface area contributed by atoms with Gasteiger partial charge in [0.1, 0.15) is 5.75 Å². The maximum atomic E-state index is 5.18. The summed E-state index contributed by atoms with van der Waals surface area (Å²) in [5.74, 6) is 2.57. The molecule has 5 nitrogen and oxygen atoms in total. The van der Waals surface area contributed by atoms with Crippen molar-refractivity contribution in [1.29, 1.82) is 0 Å². The van der Waals surface area contributed by atoms with Gasteiger partial charge in [0.2, 0.25) is 0 Å². The van der Waals surface area contributed by atoms with Gasteiger partial charge in [-0.05, 0) is 36.8 Å². The second-order valence-electron chi connectivity index (χ2n) is 4.93. The minimum atomic E-state index is 0.822. The molecule has 0 aliphatic heterocycles. The number of aromatic nitrogens is 4. The van der Waals surface area contributed by atoms with Crippen molar-refractivity contribution in [2.75, 3.05) is 7.11 Å². The Morgan fingerprint density at radius 1 is 1.13 bits per heavy atom. The smallest absolute Gasteiger partial charge is 0.191 e. The SMILES string of the molecule is CCn1c(SCc2ccc(OC)cc2)nnc1-c1cccnc1. The van der Waals surface area contributed by atoms with Gasteiger partial charge in [-0.1, -0.05) is 23.9 Å². The van der Waals surface area contributed by atoms with Crippen molar-refractivity contribution < 1.29 is 4.74 Å². The van der Waals surface area contributed by atoms with Gasteiger partial charge in [0, 0.05) is 30.3 Å². The van der Waals surface area contributed by atoms with E-state index >= 15 is 0 Å². The van der Waals surface area contributed by atoms with Crippen LogP contribution in [-0.4, -0.2) is 26.9 Å². The van der Waals surface area contributed by atoms with Crippen LogP contribution in [0.4, 0.5) is 0 Å². The highest BCUT2D eigenvalue weighted by Gasteiger charge is 2.13. The van der Waals surface area contributed by atoms with Gasteiger partial charge in [-0.2, -0.15) is 0 Å². The number of benzene rings is 1. The molecule has 0 fully saturated rings. The topological polar surface area (TPSA) is 52.8 Å². The number of ether oxygens (including phenoxy) is 1. The summed E-state index contributed by atoms with van der Waals surface area (Å²) in [7, 11) is 1.67. The quantitative estimate of drug-likeness (QED) is 0.647. The minimum Gasteiger partial charge on any atom is -0.497 e. The van der Waals surface area contributed by atoms with Crippen LogP contribution in [0.25, 0.3) is 11.4 Å². The minimum absolute atomic E-state index is 0.822. The van der Waals surface area contributed by atoms with Crippen molar-refractivity contribution in [2.24, 2.45) is 0 Å². The lowest BCUT2D eigenvalue weighted by Gasteiger charge is -2.07. The molecule has 6 heteroatoms. The molecule has 0 aliphatic rings. The first-order valence-corrected chi connectivity index (χ1v) is 8.39. The van der Waals surface area contributed by atoms with Crippen LogP contribution in [0.2, 0.25) is 0 Å². The van der Waals surface area contributed by atoms with E-state index in [1.807, 2.05) is 30.5 Å². The zero-order valence-electron chi connectivity index (χ0n) is 13.1. The van der Waals surface area contributed by atoms with E-state index in [4.69, 9.17) is 4.74 Å². The molecule has 118 valence electrons. The molecule has 0 amide bonds. The van der Waals surface area contributed by atoms with E-state index in [2.05, 4.69) is 38.8 Å². The normalized spacial score (nSPS) is 10.7. The fraction of sp³-hybridized carbons (Fsp3) is 0.235. The second kappa shape index (κ2) is 7.28. The molecule has 3 aromatic rings. The molecule has 0 spiro atoms. The van der Waals surface area contributed by atoms with Crippen molar-refractivity contribution in [3.63, 3.8) is 0 Å². The zero-order chi connectivity index (χ0) is 16.1.